The Morgan fingerprint density at radius 2 is 1.71 bits per heavy atom. The van der Waals surface area contributed by atoms with E-state index in [1.54, 1.807) is 9.80 Å². The van der Waals surface area contributed by atoms with Crippen LogP contribution in [0.1, 0.15) is 52.0 Å². The van der Waals surface area contributed by atoms with E-state index in [1.165, 1.54) is 0 Å². The molecule has 0 aliphatic carbocycles. The fourth-order valence-electron chi connectivity index (χ4n) is 3.15. The lowest BCUT2D eigenvalue weighted by atomic mass is 9.98. The molecular formula is C22H34N2O4. The van der Waals surface area contributed by atoms with Gasteiger partial charge < -0.3 is 19.3 Å². The Bertz CT molecular complexity index is 647. The number of carbonyl (C=O) groups excluding carboxylic acids is 2. The van der Waals surface area contributed by atoms with E-state index in [4.69, 9.17) is 9.47 Å². The van der Waals surface area contributed by atoms with Crippen LogP contribution in [0, 0.1) is 5.92 Å². The molecule has 0 aromatic heterocycles. The summed E-state index contributed by atoms with van der Waals surface area (Å²) in [6.45, 7) is 11.0. The van der Waals surface area contributed by atoms with Crippen LogP contribution in [-0.4, -0.2) is 61.2 Å². The maximum Gasteiger partial charge on any atom is 0.409 e. The van der Waals surface area contributed by atoms with Crippen molar-refractivity contribution in [2.45, 2.75) is 46.5 Å². The van der Waals surface area contributed by atoms with Crippen LogP contribution in [0.3, 0.4) is 0 Å². The minimum Gasteiger partial charge on any atom is -0.483 e. The first-order valence-corrected chi connectivity index (χ1v) is 10.3. The van der Waals surface area contributed by atoms with E-state index >= 15 is 0 Å². The maximum absolute atomic E-state index is 12.6. The van der Waals surface area contributed by atoms with Gasteiger partial charge in [0.1, 0.15) is 5.75 Å². The molecule has 2 rings (SSSR count). The van der Waals surface area contributed by atoms with Crippen molar-refractivity contribution in [2.24, 2.45) is 5.92 Å². The van der Waals surface area contributed by atoms with Gasteiger partial charge in [-0.25, -0.2) is 4.79 Å². The summed E-state index contributed by atoms with van der Waals surface area (Å²) in [7, 11) is 0. The van der Waals surface area contributed by atoms with Gasteiger partial charge in [0.2, 0.25) is 0 Å². The van der Waals surface area contributed by atoms with E-state index in [2.05, 4.69) is 19.9 Å². The molecule has 0 spiro atoms. The molecule has 1 heterocycles. The van der Waals surface area contributed by atoms with Crippen LogP contribution in [0.15, 0.2) is 24.3 Å². The molecule has 1 saturated heterocycles. The fourth-order valence-corrected chi connectivity index (χ4v) is 3.15. The quantitative estimate of drug-likeness (QED) is 0.708. The predicted octanol–water partition coefficient (Wildman–Crippen LogP) is 3.91. The zero-order valence-corrected chi connectivity index (χ0v) is 17.6. The van der Waals surface area contributed by atoms with Gasteiger partial charge >= 0.3 is 6.09 Å². The molecule has 0 radical (unpaired) electrons. The Labute approximate surface area is 168 Å². The second-order valence-electron chi connectivity index (χ2n) is 7.83. The average Bonchev–Trinajstić information content (AvgIpc) is 2.96. The molecular weight excluding hydrogens is 356 g/mol. The number of amides is 2. The van der Waals surface area contributed by atoms with Crippen molar-refractivity contribution in [3.05, 3.63) is 29.8 Å². The topological polar surface area (TPSA) is 59.1 Å². The van der Waals surface area contributed by atoms with Crippen molar-refractivity contribution in [1.82, 2.24) is 9.80 Å². The van der Waals surface area contributed by atoms with E-state index in [1.807, 2.05) is 32.0 Å². The number of ether oxygens (including phenoxy) is 2. The van der Waals surface area contributed by atoms with E-state index in [9.17, 15) is 9.59 Å². The minimum absolute atomic E-state index is 0.0191. The summed E-state index contributed by atoms with van der Waals surface area (Å²) in [5.74, 6) is 1.43. The standard InChI is InChI=1S/C22H34N2O4/c1-5-18(4)19-9-6-7-10-20(19)27-16-21(25)23-11-8-12-24(14-13-23)22(26)28-15-17(2)3/h6-7,9-10,17-18H,5,8,11-16H2,1-4H3. The number of hydrogen-bond donors (Lipinski definition) is 0. The second-order valence-corrected chi connectivity index (χ2v) is 7.83. The molecule has 2 amide bonds. The zero-order valence-electron chi connectivity index (χ0n) is 17.6. The number of para-hydroxylation sites is 1. The van der Waals surface area contributed by atoms with Gasteiger partial charge in [-0.15, -0.1) is 0 Å². The molecule has 1 aromatic rings. The smallest absolute Gasteiger partial charge is 0.409 e. The average molecular weight is 391 g/mol. The van der Waals surface area contributed by atoms with Crippen LogP contribution in [0.2, 0.25) is 0 Å². The van der Waals surface area contributed by atoms with Crippen LogP contribution in [0.4, 0.5) is 4.79 Å². The van der Waals surface area contributed by atoms with Gasteiger partial charge in [-0.3, -0.25) is 4.79 Å². The highest BCUT2D eigenvalue weighted by Crippen LogP contribution is 2.28. The second kappa shape index (κ2) is 10.9. The molecule has 1 aliphatic heterocycles. The van der Waals surface area contributed by atoms with Crippen molar-refractivity contribution in [1.29, 1.82) is 0 Å². The van der Waals surface area contributed by atoms with E-state index in [-0.39, 0.29) is 18.6 Å². The molecule has 0 bridgehead atoms. The number of rotatable bonds is 7. The lowest BCUT2D eigenvalue weighted by molar-refractivity contribution is -0.133. The van der Waals surface area contributed by atoms with Gasteiger partial charge in [-0.1, -0.05) is 45.9 Å². The molecule has 0 N–H and O–H groups in total. The van der Waals surface area contributed by atoms with E-state index < -0.39 is 0 Å². The Hall–Kier alpha value is -2.24. The molecule has 28 heavy (non-hydrogen) atoms. The van der Waals surface area contributed by atoms with Crippen molar-refractivity contribution < 1.29 is 19.1 Å². The minimum atomic E-state index is -0.290. The molecule has 156 valence electrons. The molecule has 1 fully saturated rings. The largest absolute Gasteiger partial charge is 0.483 e. The third-order valence-corrected chi connectivity index (χ3v) is 5.06. The summed E-state index contributed by atoms with van der Waals surface area (Å²) >= 11 is 0. The highest BCUT2D eigenvalue weighted by molar-refractivity contribution is 5.78. The van der Waals surface area contributed by atoms with Gasteiger partial charge in [0.15, 0.2) is 6.61 Å². The van der Waals surface area contributed by atoms with Crippen molar-refractivity contribution in [2.75, 3.05) is 39.4 Å². The molecule has 1 aliphatic rings. The van der Waals surface area contributed by atoms with Gasteiger partial charge in [-0.05, 0) is 36.3 Å². The molecule has 1 aromatic carbocycles. The Morgan fingerprint density at radius 3 is 2.43 bits per heavy atom. The number of benzene rings is 1. The van der Waals surface area contributed by atoms with Crippen molar-refractivity contribution >= 4 is 12.0 Å². The van der Waals surface area contributed by atoms with E-state index in [0.717, 1.165) is 24.2 Å². The fraction of sp³-hybridized carbons (Fsp3) is 0.636. The Morgan fingerprint density at radius 1 is 1.04 bits per heavy atom. The number of carbonyl (C=O) groups is 2. The Kier molecular flexibility index (Phi) is 8.61. The maximum atomic E-state index is 12.6. The summed E-state index contributed by atoms with van der Waals surface area (Å²) in [6, 6.07) is 7.90. The SMILES string of the molecule is CCC(C)c1ccccc1OCC(=O)N1CCCN(C(=O)OCC(C)C)CC1. The first-order valence-electron chi connectivity index (χ1n) is 10.3. The monoisotopic (exact) mass is 390 g/mol. The van der Waals surface area contributed by atoms with Crippen molar-refractivity contribution in [3.8, 4) is 5.75 Å². The van der Waals surface area contributed by atoms with E-state index in [0.29, 0.717) is 44.6 Å². The molecule has 1 unspecified atom stereocenters. The summed E-state index contributed by atoms with van der Waals surface area (Å²) in [5, 5.41) is 0. The summed E-state index contributed by atoms with van der Waals surface area (Å²) in [5.41, 5.74) is 1.13. The van der Waals surface area contributed by atoms with Crippen LogP contribution in [0.25, 0.3) is 0 Å². The third-order valence-electron chi connectivity index (χ3n) is 5.06. The summed E-state index contributed by atoms with van der Waals surface area (Å²) < 4.78 is 11.2. The van der Waals surface area contributed by atoms with Gasteiger partial charge in [-0.2, -0.15) is 0 Å². The Balaban J connectivity index is 1.86. The van der Waals surface area contributed by atoms with Gasteiger partial charge in [0.25, 0.3) is 5.91 Å². The van der Waals surface area contributed by atoms with Crippen LogP contribution in [0.5, 0.6) is 5.75 Å². The van der Waals surface area contributed by atoms with Crippen LogP contribution >= 0.6 is 0 Å². The normalized spacial score (nSPS) is 15.9. The van der Waals surface area contributed by atoms with Crippen LogP contribution in [-0.2, 0) is 9.53 Å². The van der Waals surface area contributed by atoms with Gasteiger partial charge in [0.05, 0.1) is 6.61 Å². The van der Waals surface area contributed by atoms with Gasteiger partial charge in [0, 0.05) is 26.2 Å². The zero-order chi connectivity index (χ0) is 20.5. The number of nitrogens with zero attached hydrogens (tertiary/aromatic N) is 2. The van der Waals surface area contributed by atoms with Crippen LogP contribution < -0.4 is 4.74 Å². The molecule has 0 saturated carbocycles. The molecule has 6 nitrogen and oxygen atoms in total. The highest BCUT2D eigenvalue weighted by atomic mass is 16.6. The predicted molar refractivity (Wildman–Crippen MR) is 110 cm³/mol. The first-order chi connectivity index (χ1) is 13.4. The highest BCUT2D eigenvalue weighted by Gasteiger charge is 2.23. The summed E-state index contributed by atoms with van der Waals surface area (Å²) in [6.07, 6.45) is 1.47. The third kappa shape index (κ3) is 6.43. The summed E-state index contributed by atoms with van der Waals surface area (Å²) in [4.78, 5) is 28.2. The molecule has 6 heteroatoms. The lowest BCUT2D eigenvalue weighted by Gasteiger charge is -2.23. The molecule has 1 atom stereocenters. The first kappa shape index (κ1) is 22.1. The number of hydrogen-bond acceptors (Lipinski definition) is 4. The lowest BCUT2D eigenvalue weighted by Crippen LogP contribution is -2.39. The van der Waals surface area contributed by atoms with Crippen molar-refractivity contribution in [3.63, 3.8) is 0 Å².